The lowest BCUT2D eigenvalue weighted by atomic mass is 10.1. The van der Waals surface area contributed by atoms with Crippen LogP contribution in [0.3, 0.4) is 0 Å². The Bertz CT molecular complexity index is 708. The van der Waals surface area contributed by atoms with Crippen LogP contribution in [0.4, 0.5) is 0 Å². The maximum Gasteiger partial charge on any atom is 0.216 e. The van der Waals surface area contributed by atoms with Crippen LogP contribution in [0.25, 0.3) is 11.4 Å². The van der Waals surface area contributed by atoms with E-state index in [1.807, 2.05) is 31.2 Å². The number of nitrogens with one attached hydrogen (secondary N) is 1. The second kappa shape index (κ2) is 4.15. The predicted molar refractivity (Wildman–Crippen MR) is 66.2 cm³/mol. The minimum Gasteiger partial charge on any atom is -0.250 e. The summed E-state index contributed by atoms with van der Waals surface area (Å²) in [5.41, 5.74) is 2.12. The third-order valence-corrected chi connectivity index (χ3v) is 2.77. The van der Waals surface area contributed by atoms with Crippen LogP contribution in [0.1, 0.15) is 5.56 Å². The monoisotopic (exact) mass is 259 g/mol. The Morgan fingerprint density at radius 2 is 2.00 bits per heavy atom. The number of hydrogen-bond donors (Lipinski definition) is 1. The van der Waals surface area contributed by atoms with E-state index in [0.717, 1.165) is 5.56 Å². The zero-order valence-electron chi connectivity index (χ0n) is 9.48. The molecule has 0 aliphatic carbocycles. The third-order valence-electron chi connectivity index (χ3n) is 2.50. The maximum absolute atomic E-state index is 5.18. The minimum atomic E-state index is 0.429. The molecule has 0 atom stereocenters. The number of aromatic nitrogens is 7. The molecule has 18 heavy (non-hydrogen) atoms. The van der Waals surface area contributed by atoms with Gasteiger partial charge in [-0.3, -0.25) is 0 Å². The van der Waals surface area contributed by atoms with E-state index in [9.17, 15) is 0 Å². The molecule has 0 fully saturated rings. The molecule has 0 aliphatic rings. The van der Waals surface area contributed by atoms with Crippen LogP contribution in [-0.2, 0) is 0 Å². The molecule has 0 spiro atoms. The predicted octanol–water partition coefficient (Wildman–Crippen LogP) is 1.21. The van der Waals surface area contributed by atoms with Crippen molar-refractivity contribution in [3.8, 4) is 11.4 Å². The fraction of sp³-hybridized carbons (Fsp3) is 0.100. The van der Waals surface area contributed by atoms with Gasteiger partial charge in [0.2, 0.25) is 4.77 Å². The van der Waals surface area contributed by atoms with Gasteiger partial charge in [0.25, 0.3) is 0 Å². The molecular weight excluding hydrogens is 250 g/mol. The van der Waals surface area contributed by atoms with Gasteiger partial charge in [-0.1, -0.05) is 29.8 Å². The zero-order valence-corrected chi connectivity index (χ0v) is 10.3. The Hall–Kier alpha value is -2.35. The van der Waals surface area contributed by atoms with Gasteiger partial charge < -0.3 is 0 Å². The van der Waals surface area contributed by atoms with Crippen molar-refractivity contribution in [3.05, 3.63) is 40.9 Å². The van der Waals surface area contributed by atoms with E-state index < -0.39 is 0 Å². The summed E-state index contributed by atoms with van der Waals surface area (Å²) in [6.07, 6.45) is 1.46. The van der Waals surface area contributed by atoms with Crippen molar-refractivity contribution in [1.29, 1.82) is 0 Å². The lowest BCUT2D eigenvalue weighted by molar-refractivity contribution is 0.547. The van der Waals surface area contributed by atoms with Gasteiger partial charge in [0.15, 0.2) is 12.2 Å². The topological polar surface area (TPSA) is 77.2 Å². The summed E-state index contributed by atoms with van der Waals surface area (Å²) in [7, 11) is 0. The first kappa shape index (κ1) is 10.8. The lowest BCUT2D eigenvalue weighted by Crippen LogP contribution is -2.12. The van der Waals surface area contributed by atoms with Gasteiger partial charge in [-0.2, -0.15) is 9.77 Å². The van der Waals surface area contributed by atoms with Crippen LogP contribution in [0.5, 0.6) is 0 Å². The van der Waals surface area contributed by atoms with Crippen LogP contribution in [0, 0.1) is 11.7 Å². The van der Waals surface area contributed by atoms with Gasteiger partial charge in [-0.05, 0) is 29.6 Å². The van der Waals surface area contributed by atoms with E-state index >= 15 is 0 Å². The van der Waals surface area contributed by atoms with Crippen molar-refractivity contribution < 1.29 is 0 Å². The van der Waals surface area contributed by atoms with Crippen LogP contribution in [0.15, 0.2) is 30.6 Å². The average molecular weight is 259 g/mol. The third kappa shape index (κ3) is 1.72. The highest BCUT2D eigenvalue weighted by molar-refractivity contribution is 7.71. The largest absolute Gasteiger partial charge is 0.250 e. The molecule has 1 N–H and O–H groups in total. The fourth-order valence-corrected chi connectivity index (χ4v) is 1.84. The molecule has 3 rings (SSSR count). The smallest absolute Gasteiger partial charge is 0.216 e. The Morgan fingerprint density at radius 3 is 2.67 bits per heavy atom. The second-order valence-electron chi connectivity index (χ2n) is 3.76. The quantitative estimate of drug-likeness (QED) is 0.700. The van der Waals surface area contributed by atoms with Gasteiger partial charge in [0.05, 0.1) is 0 Å². The molecule has 90 valence electrons. The highest BCUT2D eigenvalue weighted by atomic mass is 32.1. The van der Waals surface area contributed by atoms with Gasteiger partial charge in [0.1, 0.15) is 0 Å². The first-order valence-corrected chi connectivity index (χ1v) is 5.64. The molecule has 0 saturated heterocycles. The number of H-pyrrole nitrogens is 1. The number of hydrogen-bond acceptors (Lipinski definition) is 5. The van der Waals surface area contributed by atoms with Gasteiger partial charge in [0, 0.05) is 5.56 Å². The molecule has 0 amide bonds. The van der Waals surface area contributed by atoms with Crippen molar-refractivity contribution in [3.63, 3.8) is 0 Å². The molecule has 2 aromatic heterocycles. The van der Waals surface area contributed by atoms with E-state index in [0.29, 0.717) is 10.6 Å². The highest BCUT2D eigenvalue weighted by Crippen LogP contribution is 2.17. The van der Waals surface area contributed by atoms with Crippen molar-refractivity contribution >= 4 is 12.2 Å². The molecule has 0 radical (unpaired) electrons. The Balaban J connectivity index is 2.19. The normalized spacial score (nSPS) is 10.7. The van der Waals surface area contributed by atoms with Gasteiger partial charge >= 0.3 is 0 Å². The van der Waals surface area contributed by atoms with Crippen molar-refractivity contribution in [2.24, 2.45) is 0 Å². The molecule has 0 saturated carbocycles. The van der Waals surface area contributed by atoms with Crippen molar-refractivity contribution in [2.45, 2.75) is 6.92 Å². The van der Waals surface area contributed by atoms with Crippen molar-refractivity contribution in [2.75, 3.05) is 0 Å². The van der Waals surface area contributed by atoms with E-state index in [-0.39, 0.29) is 0 Å². The Kier molecular flexibility index (Phi) is 2.49. The van der Waals surface area contributed by atoms with Crippen LogP contribution in [-0.4, -0.2) is 35.2 Å². The standard InChI is InChI=1S/C10H9N7S/c1-7-2-4-8(5-3-7)9-12-13-10(18)17(9)16-6-11-14-15-16/h2-6H,1H3,(H,13,18). The summed E-state index contributed by atoms with van der Waals surface area (Å²) in [5.74, 6) is 0.660. The lowest BCUT2D eigenvalue weighted by Gasteiger charge is -2.04. The zero-order chi connectivity index (χ0) is 12.5. The van der Waals surface area contributed by atoms with Gasteiger partial charge in [-0.15, -0.1) is 9.89 Å². The Labute approximate surface area is 107 Å². The van der Waals surface area contributed by atoms with E-state index in [1.54, 1.807) is 4.68 Å². The summed E-state index contributed by atoms with van der Waals surface area (Å²) in [4.78, 5) is 1.43. The fourth-order valence-electron chi connectivity index (χ4n) is 1.62. The molecular formula is C10H9N7S. The summed E-state index contributed by atoms with van der Waals surface area (Å²) in [6.45, 7) is 2.03. The second-order valence-corrected chi connectivity index (χ2v) is 4.15. The van der Waals surface area contributed by atoms with E-state index in [4.69, 9.17) is 12.2 Å². The number of rotatable bonds is 2. The first-order chi connectivity index (χ1) is 8.75. The SMILES string of the molecule is Cc1ccc(-c2n[nH]c(=S)n2-n2cnnn2)cc1. The molecule has 0 aliphatic heterocycles. The van der Waals surface area contributed by atoms with Crippen LogP contribution >= 0.6 is 12.2 Å². The van der Waals surface area contributed by atoms with E-state index in [2.05, 4.69) is 25.7 Å². The molecule has 2 heterocycles. The molecule has 0 unspecified atom stereocenters. The van der Waals surface area contributed by atoms with E-state index in [1.165, 1.54) is 16.7 Å². The molecule has 3 aromatic rings. The minimum absolute atomic E-state index is 0.429. The van der Waals surface area contributed by atoms with Gasteiger partial charge in [-0.25, -0.2) is 5.10 Å². The molecule has 1 aromatic carbocycles. The van der Waals surface area contributed by atoms with Crippen molar-refractivity contribution in [1.82, 2.24) is 35.2 Å². The summed E-state index contributed by atoms with van der Waals surface area (Å²) in [6, 6.07) is 7.97. The highest BCUT2D eigenvalue weighted by Gasteiger charge is 2.10. The maximum atomic E-state index is 5.18. The van der Waals surface area contributed by atoms with Crippen LogP contribution in [0.2, 0.25) is 0 Å². The summed E-state index contributed by atoms with van der Waals surface area (Å²) in [5, 5.41) is 17.9. The summed E-state index contributed by atoms with van der Waals surface area (Å²) >= 11 is 5.18. The first-order valence-electron chi connectivity index (χ1n) is 5.24. The average Bonchev–Trinajstić information content (AvgIpc) is 2.99. The molecule has 7 nitrogen and oxygen atoms in total. The number of aryl methyl sites for hydroxylation is 1. The number of nitrogens with zero attached hydrogens (tertiary/aromatic N) is 6. The number of aromatic amines is 1. The van der Waals surface area contributed by atoms with Crippen LogP contribution < -0.4 is 0 Å². The molecule has 8 heteroatoms. The summed E-state index contributed by atoms with van der Waals surface area (Å²) < 4.78 is 2.05. The molecule has 0 bridgehead atoms. The number of tetrazole rings is 1. The number of benzene rings is 1. The Morgan fingerprint density at radius 1 is 1.22 bits per heavy atom.